The van der Waals surface area contributed by atoms with Crippen LogP contribution in [0.2, 0.25) is 0 Å². The lowest BCUT2D eigenvalue weighted by atomic mass is 9.98. The van der Waals surface area contributed by atoms with Crippen LogP contribution in [0.3, 0.4) is 0 Å². The van der Waals surface area contributed by atoms with Crippen molar-refractivity contribution in [2.75, 3.05) is 13.7 Å². The zero-order valence-corrected chi connectivity index (χ0v) is 15.4. The van der Waals surface area contributed by atoms with Gasteiger partial charge in [0.1, 0.15) is 5.75 Å². The number of hydrogen-bond donors (Lipinski definition) is 0. The maximum absolute atomic E-state index is 13.0. The molecule has 0 aliphatic carbocycles. The van der Waals surface area contributed by atoms with Gasteiger partial charge < -0.3 is 9.64 Å². The molecule has 2 heterocycles. The number of rotatable bonds is 2. The summed E-state index contributed by atoms with van der Waals surface area (Å²) in [7, 11) is 1.86. The first-order valence-electron chi connectivity index (χ1n) is 7.68. The number of para-hydroxylation sites is 1. The van der Waals surface area contributed by atoms with Crippen molar-refractivity contribution in [3.63, 3.8) is 0 Å². The van der Waals surface area contributed by atoms with Gasteiger partial charge >= 0.3 is 0 Å². The van der Waals surface area contributed by atoms with Crippen molar-refractivity contribution in [3.05, 3.63) is 57.5 Å². The Labute approximate surface area is 152 Å². The number of nitrogens with zero attached hydrogens (tertiary/aromatic N) is 2. The zero-order valence-electron chi connectivity index (χ0n) is 13.0. The van der Waals surface area contributed by atoms with E-state index in [0.717, 1.165) is 31.9 Å². The molecule has 3 aromatic rings. The minimum atomic E-state index is 0.0168. The first-order chi connectivity index (χ1) is 11.6. The molecule has 4 rings (SSSR count). The van der Waals surface area contributed by atoms with Gasteiger partial charge in [0.25, 0.3) is 5.91 Å². The zero-order chi connectivity index (χ0) is 16.7. The fourth-order valence-electron chi connectivity index (χ4n) is 3.10. The molecule has 0 N–H and O–H groups in total. The summed E-state index contributed by atoms with van der Waals surface area (Å²) >= 11 is 4.93. The standard InChI is InChI=1S/C18H15BrN2O2S/c1-21(14-8-9-23-15-5-3-2-4-12(14)15)17(22)11-6-7-13-16(10-11)24-18(19)20-13/h2-7,10,14H,8-9H2,1H3/t14-/m0/s1. The van der Waals surface area contributed by atoms with E-state index in [1.54, 1.807) is 0 Å². The monoisotopic (exact) mass is 402 g/mol. The predicted octanol–water partition coefficient (Wildman–Crippen LogP) is 4.65. The van der Waals surface area contributed by atoms with E-state index in [0.29, 0.717) is 12.2 Å². The minimum absolute atomic E-state index is 0.0168. The van der Waals surface area contributed by atoms with Gasteiger partial charge in [-0.05, 0) is 40.2 Å². The Morgan fingerprint density at radius 2 is 2.17 bits per heavy atom. The highest BCUT2D eigenvalue weighted by Gasteiger charge is 2.28. The van der Waals surface area contributed by atoms with E-state index in [9.17, 15) is 4.79 Å². The lowest BCUT2D eigenvalue weighted by Gasteiger charge is -2.33. The molecule has 0 spiro atoms. The van der Waals surface area contributed by atoms with E-state index >= 15 is 0 Å². The summed E-state index contributed by atoms with van der Waals surface area (Å²) in [6.45, 7) is 0.625. The third kappa shape index (κ3) is 2.70. The fourth-order valence-corrected chi connectivity index (χ4v) is 4.54. The summed E-state index contributed by atoms with van der Waals surface area (Å²) in [5.41, 5.74) is 2.66. The van der Waals surface area contributed by atoms with Crippen molar-refractivity contribution >= 4 is 43.4 Å². The average Bonchev–Trinajstić information content (AvgIpc) is 2.99. The summed E-state index contributed by atoms with van der Waals surface area (Å²) in [6, 6.07) is 13.6. The van der Waals surface area contributed by atoms with Crippen LogP contribution in [0, 0.1) is 0 Å². The molecule has 0 bridgehead atoms. The van der Waals surface area contributed by atoms with E-state index in [2.05, 4.69) is 20.9 Å². The molecule has 122 valence electrons. The highest BCUT2D eigenvalue weighted by Crippen LogP contribution is 2.36. The van der Waals surface area contributed by atoms with Crippen LogP contribution in [0.1, 0.15) is 28.4 Å². The highest BCUT2D eigenvalue weighted by atomic mass is 79.9. The summed E-state index contributed by atoms with van der Waals surface area (Å²) in [6.07, 6.45) is 0.799. The van der Waals surface area contributed by atoms with Crippen LogP contribution in [0.15, 0.2) is 46.4 Å². The van der Waals surface area contributed by atoms with Gasteiger partial charge in [0.05, 0.1) is 22.9 Å². The molecule has 0 radical (unpaired) electrons. The van der Waals surface area contributed by atoms with E-state index in [1.807, 2.05) is 54.4 Å². The maximum Gasteiger partial charge on any atom is 0.254 e. The Balaban J connectivity index is 1.66. The van der Waals surface area contributed by atoms with Gasteiger partial charge in [0.2, 0.25) is 0 Å². The summed E-state index contributed by atoms with van der Waals surface area (Å²) in [5, 5.41) is 0. The molecule has 4 nitrogen and oxygen atoms in total. The summed E-state index contributed by atoms with van der Waals surface area (Å²) < 4.78 is 7.54. The van der Waals surface area contributed by atoms with E-state index < -0.39 is 0 Å². The first-order valence-corrected chi connectivity index (χ1v) is 9.29. The number of thiazole rings is 1. The molecule has 0 saturated heterocycles. The smallest absolute Gasteiger partial charge is 0.254 e. The van der Waals surface area contributed by atoms with E-state index in [4.69, 9.17) is 4.74 Å². The SMILES string of the molecule is CN(C(=O)c1ccc2nc(Br)sc2c1)[C@H]1CCOc2ccccc21. The number of carbonyl (C=O) groups is 1. The second-order valence-electron chi connectivity index (χ2n) is 5.76. The normalized spacial score (nSPS) is 16.5. The molecule has 1 amide bonds. The van der Waals surface area contributed by atoms with Crippen LogP contribution in [-0.4, -0.2) is 29.4 Å². The Bertz CT molecular complexity index is 924. The van der Waals surface area contributed by atoms with Crippen molar-refractivity contribution in [1.82, 2.24) is 9.88 Å². The molecule has 1 aliphatic rings. The summed E-state index contributed by atoms with van der Waals surface area (Å²) in [5.74, 6) is 0.887. The Kier molecular flexibility index (Phi) is 4.02. The van der Waals surface area contributed by atoms with Gasteiger partial charge in [-0.3, -0.25) is 4.79 Å². The molecule has 0 unspecified atom stereocenters. The van der Waals surface area contributed by atoms with Gasteiger partial charge in [-0.15, -0.1) is 11.3 Å². The van der Waals surface area contributed by atoms with Crippen LogP contribution < -0.4 is 4.74 Å². The number of benzene rings is 2. The maximum atomic E-state index is 13.0. The van der Waals surface area contributed by atoms with Gasteiger partial charge in [-0.1, -0.05) is 18.2 Å². The van der Waals surface area contributed by atoms with Crippen LogP contribution in [0.25, 0.3) is 10.2 Å². The highest BCUT2D eigenvalue weighted by molar-refractivity contribution is 9.11. The van der Waals surface area contributed by atoms with Gasteiger partial charge in [-0.2, -0.15) is 0 Å². The molecule has 2 aromatic carbocycles. The molecule has 0 fully saturated rings. The third-order valence-corrected chi connectivity index (χ3v) is 5.79. The van der Waals surface area contributed by atoms with Gasteiger partial charge in [-0.25, -0.2) is 4.98 Å². The second kappa shape index (κ2) is 6.18. The van der Waals surface area contributed by atoms with Crippen molar-refractivity contribution in [2.45, 2.75) is 12.5 Å². The van der Waals surface area contributed by atoms with Gasteiger partial charge in [0.15, 0.2) is 3.92 Å². The number of fused-ring (bicyclic) bond motifs is 2. The number of carbonyl (C=O) groups excluding carboxylic acids is 1. The quantitative estimate of drug-likeness (QED) is 0.626. The average molecular weight is 403 g/mol. The number of aromatic nitrogens is 1. The van der Waals surface area contributed by atoms with Crippen LogP contribution in [-0.2, 0) is 0 Å². The van der Waals surface area contributed by atoms with E-state index in [1.165, 1.54) is 11.3 Å². The largest absolute Gasteiger partial charge is 0.493 e. The molecule has 1 aromatic heterocycles. The van der Waals surface area contributed by atoms with Crippen LogP contribution in [0.5, 0.6) is 5.75 Å². The van der Waals surface area contributed by atoms with Crippen molar-refractivity contribution in [3.8, 4) is 5.75 Å². The molecule has 24 heavy (non-hydrogen) atoms. The van der Waals surface area contributed by atoms with Gasteiger partial charge in [0, 0.05) is 24.6 Å². The van der Waals surface area contributed by atoms with E-state index in [-0.39, 0.29) is 11.9 Å². The molecule has 1 atom stereocenters. The lowest BCUT2D eigenvalue weighted by Crippen LogP contribution is -2.34. The van der Waals surface area contributed by atoms with Crippen LogP contribution in [0.4, 0.5) is 0 Å². The first kappa shape index (κ1) is 15.6. The second-order valence-corrected chi connectivity index (χ2v) is 8.06. The lowest BCUT2D eigenvalue weighted by molar-refractivity contribution is 0.0686. The Hall–Kier alpha value is -1.92. The van der Waals surface area contributed by atoms with Crippen molar-refractivity contribution in [2.24, 2.45) is 0 Å². The molecule has 0 saturated carbocycles. The molecule has 1 aliphatic heterocycles. The third-order valence-electron chi connectivity index (χ3n) is 4.32. The number of hydrogen-bond acceptors (Lipinski definition) is 4. The Morgan fingerprint density at radius 3 is 3.04 bits per heavy atom. The topological polar surface area (TPSA) is 42.4 Å². The number of halogens is 1. The van der Waals surface area contributed by atoms with Crippen LogP contribution >= 0.6 is 27.3 Å². The molecule has 6 heteroatoms. The Morgan fingerprint density at radius 1 is 1.33 bits per heavy atom. The fraction of sp³-hybridized carbons (Fsp3) is 0.222. The van der Waals surface area contributed by atoms with Crippen molar-refractivity contribution < 1.29 is 9.53 Å². The predicted molar refractivity (Wildman–Crippen MR) is 98.7 cm³/mol. The minimum Gasteiger partial charge on any atom is -0.493 e. The molecular formula is C18H15BrN2O2S. The summed E-state index contributed by atoms with van der Waals surface area (Å²) in [4.78, 5) is 19.2. The number of ether oxygens (including phenoxy) is 1. The number of amides is 1. The molecular weight excluding hydrogens is 388 g/mol. The van der Waals surface area contributed by atoms with Crippen molar-refractivity contribution in [1.29, 1.82) is 0 Å².